The summed E-state index contributed by atoms with van der Waals surface area (Å²) >= 11 is 0. The van der Waals surface area contributed by atoms with Crippen molar-refractivity contribution in [3.8, 4) is 33.4 Å². The largest absolute Gasteiger partial charge is 0.335 e. The van der Waals surface area contributed by atoms with Crippen LogP contribution in [0.2, 0.25) is 0 Å². The highest BCUT2D eigenvalue weighted by atomic mass is 15.3. The van der Waals surface area contributed by atoms with Crippen LogP contribution < -0.4 is 31.1 Å². The Balaban J connectivity index is 1.16. The van der Waals surface area contributed by atoms with E-state index in [-0.39, 0.29) is 44.7 Å². The molecule has 0 saturated heterocycles. The van der Waals surface area contributed by atoms with Crippen molar-refractivity contribution in [3.63, 3.8) is 0 Å². The third kappa shape index (κ3) is 7.87. The van der Waals surface area contributed by atoms with Gasteiger partial charge in [0.05, 0.1) is 16.9 Å². The summed E-state index contributed by atoms with van der Waals surface area (Å²) in [5.74, 6) is 0. The molecule has 0 N–H and O–H groups in total. The van der Waals surface area contributed by atoms with Gasteiger partial charge in [-0.2, -0.15) is 0 Å². The molecule has 1 saturated carbocycles. The van der Waals surface area contributed by atoms with Gasteiger partial charge in [0.2, 0.25) is 0 Å². The van der Waals surface area contributed by atoms with E-state index in [1.165, 1.54) is 125 Å². The van der Waals surface area contributed by atoms with Gasteiger partial charge in [0.25, 0.3) is 6.71 Å². The summed E-state index contributed by atoms with van der Waals surface area (Å²) in [6, 6.07) is 67.7. The maximum absolute atomic E-state index is 3.01. The van der Waals surface area contributed by atoms with E-state index >= 15 is 0 Å². The Bertz CT molecular complexity index is 4260. The minimum absolute atomic E-state index is 0.00178. The van der Waals surface area contributed by atoms with Crippen molar-refractivity contribution >= 4 is 68.6 Å². The first-order chi connectivity index (χ1) is 41.4. The zero-order chi connectivity index (χ0) is 61.9. The first-order valence-electron chi connectivity index (χ1n) is 33.1. The summed E-state index contributed by atoms with van der Waals surface area (Å²) in [6.45, 7) is 43.8. The molecule has 2 aliphatic carbocycles. The molecule has 0 bridgehead atoms. The van der Waals surface area contributed by atoms with E-state index in [0.29, 0.717) is 0 Å². The van der Waals surface area contributed by atoms with Crippen LogP contribution in [0.4, 0.5) is 45.5 Å². The number of hydrogen-bond donors (Lipinski definition) is 0. The quantitative estimate of drug-likeness (QED) is 0.154. The number of benzene rings is 9. The summed E-state index contributed by atoms with van der Waals surface area (Å²) in [5.41, 5.74) is 34.0. The average molecular weight is 1150 g/mol. The Morgan fingerprint density at radius 3 is 1.43 bits per heavy atom. The molecule has 0 spiro atoms. The van der Waals surface area contributed by atoms with Crippen molar-refractivity contribution in [1.82, 2.24) is 0 Å². The molecule has 444 valence electrons. The Labute approximate surface area is 527 Å². The molecule has 3 unspecified atom stereocenters. The van der Waals surface area contributed by atoms with Crippen LogP contribution in [0.25, 0.3) is 33.4 Å². The fourth-order valence-electron chi connectivity index (χ4n) is 17.4. The fourth-order valence-corrected chi connectivity index (χ4v) is 17.4. The van der Waals surface area contributed by atoms with E-state index in [4.69, 9.17) is 0 Å². The third-order valence-corrected chi connectivity index (χ3v) is 22.5. The number of anilines is 8. The highest BCUT2D eigenvalue weighted by molar-refractivity contribution is 7.01. The van der Waals surface area contributed by atoms with Crippen LogP contribution >= 0.6 is 0 Å². The van der Waals surface area contributed by atoms with Crippen molar-refractivity contribution in [2.45, 2.75) is 194 Å². The zero-order valence-electron chi connectivity index (χ0n) is 55.9. The Morgan fingerprint density at radius 2 is 0.898 bits per heavy atom. The maximum Gasteiger partial charge on any atom is 0.253 e. The Kier molecular flexibility index (Phi) is 12.0. The predicted molar refractivity (Wildman–Crippen MR) is 379 cm³/mol. The zero-order valence-corrected chi connectivity index (χ0v) is 55.9. The van der Waals surface area contributed by atoms with E-state index in [0.717, 1.165) is 29.9 Å². The van der Waals surface area contributed by atoms with Gasteiger partial charge in [-0.1, -0.05) is 239 Å². The number of fused-ring (bicyclic) bond motifs is 8. The lowest BCUT2D eigenvalue weighted by molar-refractivity contribution is 0.195. The normalized spacial score (nSPS) is 20.3. The third-order valence-electron chi connectivity index (χ3n) is 22.5. The summed E-state index contributed by atoms with van der Waals surface area (Å²) < 4.78 is 0. The van der Waals surface area contributed by atoms with Gasteiger partial charge in [-0.15, -0.1) is 0 Å². The van der Waals surface area contributed by atoms with E-state index in [1.54, 1.807) is 16.6 Å². The maximum atomic E-state index is 3.01. The van der Waals surface area contributed by atoms with Crippen molar-refractivity contribution < 1.29 is 0 Å². The lowest BCUT2D eigenvalue weighted by atomic mass is 9.28. The minimum atomic E-state index is -0.460. The Morgan fingerprint density at radius 1 is 0.386 bits per heavy atom. The summed E-state index contributed by atoms with van der Waals surface area (Å²) in [7, 11) is 0. The van der Waals surface area contributed by atoms with Gasteiger partial charge in [0.15, 0.2) is 0 Å². The van der Waals surface area contributed by atoms with Crippen LogP contribution in [0.3, 0.4) is 0 Å². The summed E-state index contributed by atoms with van der Waals surface area (Å²) in [4.78, 5) is 8.43. The van der Waals surface area contributed by atoms with Crippen LogP contribution in [0.5, 0.6) is 0 Å². The average Bonchev–Trinajstić information content (AvgIpc) is 1.59. The topological polar surface area (TPSA) is 9.72 Å². The highest BCUT2D eigenvalue weighted by Crippen LogP contribution is 2.67. The molecule has 4 heterocycles. The minimum Gasteiger partial charge on any atom is -0.335 e. The molecule has 3 nitrogen and oxygen atoms in total. The predicted octanol–water partition coefficient (Wildman–Crippen LogP) is 21.0. The SMILES string of the molecule is CC(C)(C)c1ccc(N(c2ccc(C(C)(C)C)cc2)c2cc3c4c(c2)N2c5c(cc(C(C)(C)C)c6c5B4c4c(ccc5c4C6(C)c4cc(C(C)(C)C)ccc4-5)N3c3c(-c4ccccc4)cc(C(C)(C)C)cc3-c3ccccc3)C3(C)CCCCC23C)cc1. The van der Waals surface area contributed by atoms with Crippen LogP contribution in [-0.4, -0.2) is 12.3 Å². The van der Waals surface area contributed by atoms with Gasteiger partial charge in [-0.3, -0.25) is 0 Å². The van der Waals surface area contributed by atoms with Gasteiger partial charge >= 0.3 is 0 Å². The molecule has 4 heteroatoms. The summed E-state index contributed by atoms with van der Waals surface area (Å²) in [5, 5.41) is 0. The fraction of sp³-hybridized carbons (Fsp3) is 0.357. The Hall–Kier alpha value is -7.56. The molecule has 0 radical (unpaired) electrons. The van der Waals surface area contributed by atoms with Crippen molar-refractivity contribution in [2.75, 3.05) is 14.7 Å². The second-order valence-electron chi connectivity index (χ2n) is 33.1. The van der Waals surface area contributed by atoms with E-state index in [9.17, 15) is 0 Å². The molecular weight excluding hydrogens is 1060 g/mol. The van der Waals surface area contributed by atoms with Gasteiger partial charge < -0.3 is 14.7 Å². The van der Waals surface area contributed by atoms with E-state index in [1.807, 2.05) is 0 Å². The lowest BCUT2D eigenvalue weighted by Gasteiger charge is -2.55. The second kappa shape index (κ2) is 18.5. The molecule has 3 atom stereocenters. The van der Waals surface area contributed by atoms with Gasteiger partial charge in [0.1, 0.15) is 0 Å². The van der Waals surface area contributed by atoms with E-state index in [2.05, 4.69) is 309 Å². The van der Waals surface area contributed by atoms with Gasteiger partial charge in [0, 0.05) is 56.1 Å². The standard InChI is InChI=1S/C84H90BN3/c1-77(2,3)53-31-36-57(37-32-53)86(58-38-33-54(34-39-58)78(4,5)6)59-48-68-72-69(49-59)88-76-66(82(16)43-25-26-44-83(82,88)17)50-65(81(13,14)15)71-74(76)85(72)73-67(42-41-61-60-40-35-55(79(7,8)9)47-64(60)84(71,18)70(61)73)87(68)75-62(51-27-21-19-22-28-51)45-56(80(10,11)12)46-63(75)52-29-23-20-24-30-52/h19-24,27-42,45-50H,25-26,43-44H2,1-18H3. The molecule has 88 heavy (non-hydrogen) atoms. The van der Waals surface area contributed by atoms with E-state index < -0.39 is 5.41 Å². The molecule has 0 amide bonds. The molecular formula is C84H90BN3. The lowest BCUT2D eigenvalue weighted by Crippen LogP contribution is -2.69. The molecule has 1 fully saturated rings. The highest BCUT2D eigenvalue weighted by Gasteiger charge is 2.66. The molecule has 6 aliphatic rings. The van der Waals surface area contributed by atoms with Gasteiger partial charge in [-0.05, 0) is 197 Å². The van der Waals surface area contributed by atoms with Gasteiger partial charge in [-0.25, -0.2) is 0 Å². The van der Waals surface area contributed by atoms with Crippen LogP contribution in [0, 0.1) is 0 Å². The van der Waals surface area contributed by atoms with Crippen molar-refractivity contribution in [1.29, 1.82) is 0 Å². The van der Waals surface area contributed by atoms with Crippen molar-refractivity contribution in [2.24, 2.45) is 0 Å². The smallest absolute Gasteiger partial charge is 0.253 e. The molecule has 0 aromatic heterocycles. The molecule has 9 aromatic rings. The number of rotatable bonds is 6. The monoisotopic (exact) mass is 1150 g/mol. The molecule has 9 aromatic carbocycles. The second-order valence-corrected chi connectivity index (χ2v) is 33.1. The molecule has 15 rings (SSSR count). The molecule has 4 aliphatic heterocycles. The van der Waals surface area contributed by atoms with Crippen LogP contribution in [-0.2, 0) is 37.9 Å². The van der Waals surface area contributed by atoms with Crippen LogP contribution in [0.15, 0.2) is 170 Å². The number of hydrogen-bond acceptors (Lipinski definition) is 3. The first-order valence-corrected chi connectivity index (χ1v) is 33.1. The number of nitrogens with zero attached hydrogens (tertiary/aromatic N) is 3. The first kappa shape index (κ1) is 56.9. The van der Waals surface area contributed by atoms with Crippen LogP contribution in [0.1, 0.15) is 200 Å². The summed E-state index contributed by atoms with van der Waals surface area (Å²) in [6.07, 6.45) is 4.70. The van der Waals surface area contributed by atoms with Crippen molar-refractivity contribution in [3.05, 3.63) is 220 Å².